The van der Waals surface area contributed by atoms with E-state index in [-0.39, 0.29) is 5.91 Å². The van der Waals surface area contributed by atoms with Gasteiger partial charge in [0, 0.05) is 42.2 Å². The van der Waals surface area contributed by atoms with Gasteiger partial charge in [0.1, 0.15) is 5.82 Å². The molecule has 0 aliphatic carbocycles. The van der Waals surface area contributed by atoms with E-state index in [9.17, 15) is 4.79 Å². The Morgan fingerprint density at radius 3 is 2.58 bits per heavy atom. The Morgan fingerprint density at radius 2 is 1.81 bits per heavy atom. The van der Waals surface area contributed by atoms with Gasteiger partial charge in [-0.25, -0.2) is 4.98 Å². The van der Waals surface area contributed by atoms with Crippen molar-refractivity contribution < 1.29 is 4.79 Å². The van der Waals surface area contributed by atoms with Crippen molar-refractivity contribution in [2.24, 2.45) is 7.05 Å². The van der Waals surface area contributed by atoms with Crippen LogP contribution in [0.5, 0.6) is 0 Å². The van der Waals surface area contributed by atoms with Gasteiger partial charge in [-0.05, 0) is 45.1 Å². The number of amides is 1. The average Bonchev–Trinajstić information content (AvgIpc) is 3.43. The zero-order chi connectivity index (χ0) is 21.4. The molecule has 4 aromatic heterocycles. The number of carbonyl (C=O) groups is 1. The van der Waals surface area contributed by atoms with E-state index in [0.717, 1.165) is 48.0 Å². The lowest BCUT2D eigenvalue weighted by Gasteiger charge is -2.28. The standard InChI is InChI=1S/C22H24N8O/c1-28-5-3-19(4-6-28)30-14-18(11-26-30)22(31)27-21-8-15-7-16(9-23-20(15)12-24-21)17-10-25-29(2)13-17/h7-14,19H,3-6H2,1-2H3,(H,24,27,31). The fraction of sp³-hybridized carbons (Fsp3) is 0.318. The Kier molecular flexibility index (Phi) is 4.95. The fourth-order valence-corrected chi connectivity index (χ4v) is 3.93. The molecule has 1 fully saturated rings. The molecule has 5 heterocycles. The Morgan fingerprint density at radius 1 is 0.968 bits per heavy atom. The highest BCUT2D eigenvalue weighted by atomic mass is 16.1. The van der Waals surface area contributed by atoms with Crippen molar-refractivity contribution in [1.82, 2.24) is 34.4 Å². The predicted molar refractivity (Wildman–Crippen MR) is 118 cm³/mol. The topological polar surface area (TPSA) is 93.8 Å². The van der Waals surface area contributed by atoms with Gasteiger partial charge in [-0.2, -0.15) is 10.2 Å². The van der Waals surface area contributed by atoms with Crippen molar-refractivity contribution >= 4 is 22.6 Å². The van der Waals surface area contributed by atoms with Crippen LogP contribution in [-0.4, -0.2) is 60.5 Å². The molecule has 1 aliphatic rings. The molecule has 0 aromatic carbocycles. The molecule has 0 saturated carbocycles. The van der Waals surface area contributed by atoms with Gasteiger partial charge in [-0.1, -0.05) is 0 Å². The molecule has 0 radical (unpaired) electrons. The first kappa shape index (κ1) is 19.4. The van der Waals surface area contributed by atoms with Crippen LogP contribution in [-0.2, 0) is 7.05 Å². The van der Waals surface area contributed by atoms with Gasteiger partial charge in [0.05, 0.1) is 35.7 Å². The second-order valence-electron chi connectivity index (χ2n) is 8.09. The first-order valence-corrected chi connectivity index (χ1v) is 10.3. The van der Waals surface area contributed by atoms with Gasteiger partial charge in [0.2, 0.25) is 0 Å². The molecule has 4 aromatic rings. The molecule has 1 amide bonds. The first-order valence-electron chi connectivity index (χ1n) is 10.3. The lowest BCUT2D eigenvalue weighted by atomic mass is 10.1. The molecule has 0 atom stereocenters. The van der Waals surface area contributed by atoms with Gasteiger partial charge in [0.15, 0.2) is 0 Å². The van der Waals surface area contributed by atoms with E-state index >= 15 is 0 Å². The maximum Gasteiger partial charge on any atom is 0.260 e. The van der Waals surface area contributed by atoms with Gasteiger partial charge in [-0.3, -0.25) is 19.1 Å². The number of hydrogen-bond donors (Lipinski definition) is 1. The number of nitrogens with one attached hydrogen (secondary N) is 1. The SMILES string of the molecule is CN1CCC(n2cc(C(=O)Nc3cc4cc(-c5cnn(C)c5)cnc4cn3)cn2)CC1. The highest BCUT2D eigenvalue weighted by Gasteiger charge is 2.20. The number of aromatic nitrogens is 6. The highest BCUT2D eigenvalue weighted by Crippen LogP contribution is 2.24. The van der Waals surface area contributed by atoms with Crippen molar-refractivity contribution in [1.29, 1.82) is 0 Å². The minimum Gasteiger partial charge on any atom is -0.306 e. The number of aryl methyl sites for hydroxylation is 1. The van der Waals surface area contributed by atoms with Crippen molar-refractivity contribution in [3.63, 3.8) is 0 Å². The summed E-state index contributed by atoms with van der Waals surface area (Å²) in [5.74, 6) is 0.261. The van der Waals surface area contributed by atoms with E-state index in [4.69, 9.17) is 0 Å². The maximum absolute atomic E-state index is 12.8. The summed E-state index contributed by atoms with van der Waals surface area (Å²) in [6.45, 7) is 2.09. The van der Waals surface area contributed by atoms with Crippen LogP contribution in [0.1, 0.15) is 29.2 Å². The van der Waals surface area contributed by atoms with E-state index < -0.39 is 0 Å². The van der Waals surface area contributed by atoms with E-state index in [1.54, 1.807) is 29.5 Å². The number of pyridine rings is 2. The van der Waals surface area contributed by atoms with Crippen molar-refractivity contribution in [3.8, 4) is 11.1 Å². The van der Waals surface area contributed by atoms with Gasteiger partial charge in [0.25, 0.3) is 5.91 Å². The van der Waals surface area contributed by atoms with Gasteiger partial charge >= 0.3 is 0 Å². The Balaban J connectivity index is 1.33. The maximum atomic E-state index is 12.8. The zero-order valence-corrected chi connectivity index (χ0v) is 17.6. The number of fused-ring (bicyclic) bond motifs is 1. The van der Waals surface area contributed by atoms with Crippen LogP contribution in [0, 0.1) is 0 Å². The van der Waals surface area contributed by atoms with Gasteiger partial charge in [-0.15, -0.1) is 0 Å². The summed E-state index contributed by atoms with van der Waals surface area (Å²) in [7, 11) is 4.01. The normalized spacial score (nSPS) is 15.4. The summed E-state index contributed by atoms with van der Waals surface area (Å²) in [4.78, 5) is 23.9. The lowest BCUT2D eigenvalue weighted by Crippen LogP contribution is -2.31. The molecule has 9 nitrogen and oxygen atoms in total. The zero-order valence-electron chi connectivity index (χ0n) is 17.6. The van der Waals surface area contributed by atoms with Crippen LogP contribution in [0.15, 0.2) is 49.3 Å². The fourth-order valence-electron chi connectivity index (χ4n) is 3.93. The highest BCUT2D eigenvalue weighted by molar-refractivity contribution is 6.04. The van der Waals surface area contributed by atoms with Crippen molar-refractivity contribution in [2.75, 3.05) is 25.5 Å². The van der Waals surface area contributed by atoms with Crippen LogP contribution in [0.25, 0.3) is 22.0 Å². The smallest absolute Gasteiger partial charge is 0.260 e. The Hall–Kier alpha value is -3.59. The largest absolute Gasteiger partial charge is 0.306 e. The van der Waals surface area contributed by atoms with E-state index in [1.165, 1.54) is 0 Å². The minimum atomic E-state index is -0.220. The number of hydrogen-bond acceptors (Lipinski definition) is 6. The Bertz CT molecular complexity index is 1240. The van der Waals surface area contributed by atoms with E-state index in [2.05, 4.69) is 37.4 Å². The summed E-state index contributed by atoms with van der Waals surface area (Å²) < 4.78 is 3.67. The summed E-state index contributed by atoms with van der Waals surface area (Å²) in [6, 6.07) is 4.20. The number of anilines is 1. The predicted octanol–water partition coefficient (Wildman–Crippen LogP) is 2.75. The summed E-state index contributed by atoms with van der Waals surface area (Å²) in [6.07, 6.45) is 12.7. The van der Waals surface area contributed by atoms with Crippen LogP contribution in [0.4, 0.5) is 5.82 Å². The molecule has 1 saturated heterocycles. The molecule has 0 bridgehead atoms. The van der Waals surface area contributed by atoms with E-state index in [0.29, 0.717) is 17.4 Å². The van der Waals surface area contributed by atoms with Crippen LogP contribution in [0.3, 0.4) is 0 Å². The molecule has 1 aliphatic heterocycles. The molecule has 1 N–H and O–H groups in total. The van der Waals surface area contributed by atoms with Crippen LogP contribution >= 0.6 is 0 Å². The van der Waals surface area contributed by atoms with Crippen LogP contribution in [0.2, 0.25) is 0 Å². The summed E-state index contributed by atoms with van der Waals surface area (Å²) in [5.41, 5.74) is 3.24. The summed E-state index contributed by atoms with van der Waals surface area (Å²) in [5, 5.41) is 12.4. The lowest BCUT2D eigenvalue weighted by molar-refractivity contribution is 0.102. The Labute approximate surface area is 179 Å². The quantitative estimate of drug-likeness (QED) is 0.550. The molecule has 158 valence electrons. The molecule has 0 spiro atoms. The first-order chi connectivity index (χ1) is 15.0. The third-order valence-electron chi connectivity index (χ3n) is 5.77. The number of carbonyl (C=O) groups excluding carboxylic acids is 1. The van der Waals surface area contributed by atoms with E-state index in [1.807, 2.05) is 36.3 Å². The van der Waals surface area contributed by atoms with Crippen molar-refractivity contribution in [2.45, 2.75) is 18.9 Å². The molecule has 5 rings (SSSR count). The second-order valence-corrected chi connectivity index (χ2v) is 8.09. The summed E-state index contributed by atoms with van der Waals surface area (Å²) >= 11 is 0. The van der Waals surface area contributed by atoms with Crippen molar-refractivity contribution in [3.05, 3.63) is 54.9 Å². The number of likely N-dealkylation sites (tertiary alicyclic amines) is 1. The molecular formula is C22H24N8O. The second kappa shape index (κ2) is 7.92. The average molecular weight is 416 g/mol. The number of piperidine rings is 1. The van der Waals surface area contributed by atoms with Crippen LogP contribution < -0.4 is 5.32 Å². The minimum absolute atomic E-state index is 0.220. The molecule has 9 heteroatoms. The third kappa shape index (κ3) is 4.04. The number of rotatable bonds is 4. The monoisotopic (exact) mass is 416 g/mol. The third-order valence-corrected chi connectivity index (χ3v) is 5.77. The van der Waals surface area contributed by atoms with Gasteiger partial charge < -0.3 is 10.2 Å². The number of nitrogens with zero attached hydrogens (tertiary/aromatic N) is 7. The molecule has 31 heavy (non-hydrogen) atoms. The molecular weight excluding hydrogens is 392 g/mol. The molecule has 0 unspecified atom stereocenters.